The van der Waals surface area contributed by atoms with Crippen molar-refractivity contribution in [2.75, 3.05) is 26.3 Å². The van der Waals surface area contributed by atoms with Crippen molar-refractivity contribution in [2.45, 2.75) is 6.10 Å². The maximum atomic E-state index is 13.1. The van der Waals surface area contributed by atoms with Crippen LogP contribution in [0.25, 0.3) is 0 Å². The number of carbonyl (C=O) groups excluding carboxylic acids is 1. The minimum absolute atomic E-state index is 0.0927. The fraction of sp³-hybridized carbons (Fsp3) is 0.263. The highest BCUT2D eigenvalue weighted by Crippen LogP contribution is 2.37. The molecule has 9 heteroatoms. The molecule has 1 fully saturated rings. The third-order valence-electron chi connectivity index (χ3n) is 4.20. The lowest BCUT2D eigenvalue weighted by Crippen LogP contribution is -2.41. The number of hydrogen-bond donors (Lipinski definition) is 1. The van der Waals surface area contributed by atoms with Gasteiger partial charge >= 0.3 is 5.97 Å². The van der Waals surface area contributed by atoms with Crippen molar-refractivity contribution >= 4 is 79.6 Å². The average molecular weight is 719 g/mol. The van der Waals surface area contributed by atoms with Crippen LogP contribution in [-0.4, -0.2) is 48.2 Å². The average Bonchev–Trinajstić information content (AvgIpc) is 2.68. The normalized spacial score (nSPS) is 15.2. The molecule has 0 bridgehead atoms. The van der Waals surface area contributed by atoms with E-state index < -0.39 is 12.1 Å². The van der Waals surface area contributed by atoms with Gasteiger partial charge in [-0.1, -0.05) is 30.3 Å². The lowest BCUT2D eigenvalue weighted by molar-refractivity contribution is -0.145. The van der Waals surface area contributed by atoms with Gasteiger partial charge in [0.25, 0.3) is 5.91 Å². The summed E-state index contributed by atoms with van der Waals surface area (Å²) in [5.74, 6) is -0.767. The first-order chi connectivity index (χ1) is 13.4. The summed E-state index contributed by atoms with van der Waals surface area (Å²) in [4.78, 5) is 26.7. The van der Waals surface area contributed by atoms with E-state index in [0.29, 0.717) is 46.7 Å². The smallest absolute Gasteiger partial charge is 0.349 e. The highest BCUT2D eigenvalue weighted by atomic mass is 127. The van der Waals surface area contributed by atoms with Crippen molar-refractivity contribution < 1.29 is 24.2 Å². The van der Waals surface area contributed by atoms with Crippen molar-refractivity contribution in [3.63, 3.8) is 0 Å². The number of amides is 1. The minimum Gasteiger partial charge on any atom is -0.478 e. The number of rotatable bonds is 5. The number of hydrogen-bond acceptors (Lipinski definition) is 4. The maximum absolute atomic E-state index is 13.1. The second kappa shape index (κ2) is 9.89. The van der Waals surface area contributed by atoms with Crippen LogP contribution in [0.1, 0.15) is 22.0 Å². The Bertz CT molecular complexity index is 885. The number of carboxylic acid groups (broad SMARTS) is 1. The molecule has 1 aliphatic rings. The second-order valence-corrected chi connectivity index (χ2v) is 9.41. The second-order valence-electron chi connectivity index (χ2n) is 6.01. The lowest BCUT2D eigenvalue weighted by Gasteiger charge is -2.28. The fourth-order valence-corrected chi connectivity index (χ4v) is 6.89. The zero-order valence-corrected chi connectivity index (χ0v) is 21.0. The highest BCUT2D eigenvalue weighted by molar-refractivity contribution is 14.1. The van der Waals surface area contributed by atoms with Gasteiger partial charge in [-0.25, -0.2) is 4.79 Å². The highest BCUT2D eigenvalue weighted by Gasteiger charge is 2.29. The van der Waals surface area contributed by atoms with Gasteiger partial charge in [0.1, 0.15) is 5.75 Å². The van der Waals surface area contributed by atoms with Crippen LogP contribution in [0.5, 0.6) is 5.75 Å². The molecule has 0 aliphatic carbocycles. The first-order valence-corrected chi connectivity index (χ1v) is 11.6. The van der Waals surface area contributed by atoms with E-state index in [1.807, 2.05) is 12.1 Å². The molecule has 1 saturated heterocycles. The number of carbonyl (C=O) groups is 2. The molecular weight excluding hydrogens is 703 g/mol. The van der Waals surface area contributed by atoms with Crippen molar-refractivity contribution in [1.29, 1.82) is 0 Å². The van der Waals surface area contributed by atoms with Crippen LogP contribution in [0.3, 0.4) is 0 Å². The topological polar surface area (TPSA) is 76.1 Å². The summed E-state index contributed by atoms with van der Waals surface area (Å²) in [7, 11) is 0. The molecule has 1 atom stereocenters. The Morgan fingerprint density at radius 2 is 1.71 bits per heavy atom. The SMILES string of the molecule is O=C(O)C(Oc1c(I)cc(I)c(C(=O)N2CCOCC2)c1I)c1ccccc1. The van der Waals surface area contributed by atoms with Crippen molar-refractivity contribution in [2.24, 2.45) is 0 Å². The molecule has 1 unspecified atom stereocenters. The largest absolute Gasteiger partial charge is 0.478 e. The monoisotopic (exact) mass is 719 g/mol. The van der Waals surface area contributed by atoms with Crippen molar-refractivity contribution in [1.82, 2.24) is 4.90 Å². The van der Waals surface area contributed by atoms with Gasteiger partial charge in [-0.05, 0) is 73.8 Å². The molecule has 148 valence electrons. The molecule has 6 nitrogen and oxygen atoms in total. The molecule has 0 radical (unpaired) electrons. The van der Waals surface area contributed by atoms with Gasteiger partial charge < -0.3 is 19.5 Å². The first kappa shape index (κ1) is 22.0. The summed E-state index contributed by atoms with van der Waals surface area (Å²) < 4.78 is 13.5. The van der Waals surface area contributed by atoms with Gasteiger partial charge in [-0.2, -0.15) is 0 Å². The Labute approximate surface area is 203 Å². The number of aliphatic carboxylic acids is 1. The quantitative estimate of drug-likeness (QED) is 0.470. The Balaban J connectivity index is 1.99. The van der Waals surface area contributed by atoms with Gasteiger partial charge in [0.2, 0.25) is 6.10 Å². The summed E-state index contributed by atoms with van der Waals surface area (Å²) in [5, 5.41) is 9.69. The fourth-order valence-electron chi connectivity index (χ4n) is 2.81. The Morgan fingerprint density at radius 1 is 1.07 bits per heavy atom. The van der Waals surface area contributed by atoms with E-state index in [4.69, 9.17) is 9.47 Å². The van der Waals surface area contributed by atoms with Crippen LogP contribution in [0.4, 0.5) is 0 Å². The van der Waals surface area contributed by atoms with Crippen LogP contribution in [0.2, 0.25) is 0 Å². The third-order valence-corrected chi connectivity index (χ3v) is 6.88. The molecule has 0 spiro atoms. The molecular formula is C19H16I3NO5. The van der Waals surface area contributed by atoms with E-state index in [2.05, 4.69) is 67.8 Å². The summed E-state index contributed by atoms with van der Waals surface area (Å²) in [6, 6.07) is 10.6. The van der Waals surface area contributed by atoms with Crippen molar-refractivity contribution in [3.05, 3.63) is 58.2 Å². The molecule has 1 amide bonds. The predicted molar refractivity (Wildman–Crippen MR) is 129 cm³/mol. The summed E-state index contributed by atoms with van der Waals surface area (Å²) >= 11 is 6.32. The summed E-state index contributed by atoms with van der Waals surface area (Å²) in [6.07, 6.45) is -1.16. The third kappa shape index (κ3) is 4.90. The van der Waals surface area contributed by atoms with E-state index in [1.165, 1.54) is 0 Å². The zero-order valence-electron chi connectivity index (χ0n) is 14.5. The molecule has 2 aromatic rings. The zero-order chi connectivity index (χ0) is 20.3. The molecule has 1 heterocycles. The maximum Gasteiger partial charge on any atom is 0.349 e. The summed E-state index contributed by atoms with van der Waals surface area (Å²) in [6.45, 7) is 2.10. The van der Waals surface area contributed by atoms with Crippen LogP contribution in [0, 0.1) is 10.7 Å². The van der Waals surface area contributed by atoms with E-state index in [9.17, 15) is 14.7 Å². The number of morpholine rings is 1. The Hall–Kier alpha value is -0.670. The van der Waals surface area contributed by atoms with Crippen LogP contribution in [0.15, 0.2) is 36.4 Å². The minimum atomic E-state index is -1.16. The van der Waals surface area contributed by atoms with E-state index >= 15 is 0 Å². The Kier molecular flexibility index (Phi) is 7.78. The van der Waals surface area contributed by atoms with E-state index in [0.717, 1.165) is 7.14 Å². The lowest BCUT2D eigenvalue weighted by atomic mass is 10.1. The molecule has 1 N–H and O–H groups in total. The number of halogens is 3. The number of benzene rings is 2. The first-order valence-electron chi connectivity index (χ1n) is 8.39. The predicted octanol–water partition coefficient (Wildman–Crippen LogP) is 4.18. The molecule has 0 aromatic heterocycles. The van der Waals surface area contributed by atoms with Crippen molar-refractivity contribution in [3.8, 4) is 5.75 Å². The molecule has 3 rings (SSSR count). The van der Waals surface area contributed by atoms with Crippen LogP contribution >= 0.6 is 67.8 Å². The molecule has 28 heavy (non-hydrogen) atoms. The molecule has 1 aliphatic heterocycles. The number of nitrogens with zero attached hydrogens (tertiary/aromatic N) is 1. The summed E-state index contributed by atoms with van der Waals surface area (Å²) in [5.41, 5.74) is 1.08. The van der Waals surface area contributed by atoms with Gasteiger partial charge in [-0.15, -0.1) is 0 Å². The van der Waals surface area contributed by atoms with Gasteiger partial charge in [0.05, 0.1) is 25.9 Å². The van der Waals surface area contributed by atoms with Crippen LogP contribution in [-0.2, 0) is 9.53 Å². The number of carboxylic acids is 1. The molecule has 2 aromatic carbocycles. The van der Waals surface area contributed by atoms with E-state index in [-0.39, 0.29) is 5.91 Å². The number of ether oxygens (including phenoxy) is 2. The van der Waals surface area contributed by atoms with Crippen LogP contribution < -0.4 is 4.74 Å². The molecule has 0 saturated carbocycles. The van der Waals surface area contributed by atoms with Gasteiger partial charge in [0, 0.05) is 22.2 Å². The standard InChI is InChI=1S/C19H16I3NO5/c20-12-10-13(21)17(28-16(19(25)26)11-4-2-1-3-5-11)15(22)14(12)18(24)23-6-8-27-9-7-23/h1-5,10,16H,6-9H2,(H,25,26). The van der Waals surface area contributed by atoms with Gasteiger partial charge in [0.15, 0.2) is 0 Å². The van der Waals surface area contributed by atoms with Gasteiger partial charge in [-0.3, -0.25) is 4.79 Å². The van der Waals surface area contributed by atoms with E-state index in [1.54, 1.807) is 29.2 Å². The Morgan fingerprint density at radius 3 is 2.32 bits per heavy atom.